The van der Waals surface area contributed by atoms with Gasteiger partial charge in [0.1, 0.15) is 11.6 Å². The van der Waals surface area contributed by atoms with Crippen molar-refractivity contribution in [2.75, 3.05) is 6.66 Å². The Hall–Kier alpha value is -1.16. The van der Waals surface area contributed by atoms with Crippen molar-refractivity contribution in [3.8, 4) is 0 Å². The van der Waals surface area contributed by atoms with Crippen LogP contribution in [0.2, 0.25) is 0 Å². The molecule has 0 saturated carbocycles. The molecular weight excluding hydrogens is 836 g/mol. The smallest absolute Gasteiger partial charge is 0.298 e. The number of carbonyl (C=O) groups excluding carboxylic acids is 1. The quantitative estimate of drug-likeness (QED) is 0.106. The Kier molecular flexibility index (Phi) is 19.1. The van der Waals surface area contributed by atoms with E-state index in [9.17, 15) is 18.7 Å². The third kappa shape index (κ3) is 13.9. The van der Waals surface area contributed by atoms with Gasteiger partial charge in [0, 0.05) is 14.5 Å². The summed E-state index contributed by atoms with van der Waals surface area (Å²) in [6, 6.07) is 41.5. The summed E-state index contributed by atoms with van der Waals surface area (Å²) in [5.74, 6) is -0.742. The van der Waals surface area contributed by atoms with Crippen LogP contribution in [0.15, 0.2) is 143 Å². The first-order chi connectivity index (χ1) is 21.6. The maximum absolute atomic E-state index is 12.7. The average Bonchev–Trinajstić information content (AvgIpc) is 3.02. The molecule has 0 amide bonds. The molecule has 0 saturated heterocycles. The van der Waals surface area contributed by atoms with Gasteiger partial charge in [-0.1, -0.05) is 71.4 Å². The number of benzene rings is 5. The van der Waals surface area contributed by atoms with E-state index in [0.29, 0.717) is 16.3 Å². The largest absolute Gasteiger partial charge is 1.00 e. The normalized spacial score (nSPS) is 11.2. The van der Waals surface area contributed by atoms with Gasteiger partial charge in [-0.25, -0.2) is 8.78 Å². The van der Waals surface area contributed by atoms with Crippen molar-refractivity contribution in [2.45, 2.75) is 26.4 Å². The molecule has 5 rings (SSSR count). The first-order valence-corrected chi connectivity index (χ1v) is 20.5. The minimum absolute atomic E-state index is 0. The monoisotopic (exact) mass is 870 g/mol. The van der Waals surface area contributed by atoms with Crippen molar-refractivity contribution < 1.29 is 70.1 Å². The first-order valence-electron chi connectivity index (χ1n) is 14.2. The molecule has 0 N–H and O–H groups in total. The van der Waals surface area contributed by atoms with Crippen LogP contribution in [-0.2, 0) is 0 Å². The van der Waals surface area contributed by atoms with E-state index in [4.69, 9.17) is 0 Å². The molecule has 5 aromatic rings. The summed E-state index contributed by atoms with van der Waals surface area (Å²) in [6.07, 6.45) is 1.98. The molecule has 2 nitrogen and oxygen atoms in total. The Bertz CT molecular complexity index is 1530. The average molecular weight is 873 g/mol. The van der Waals surface area contributed by atoms with Crippen molar-refractivity contribution in [1.82, 2.24) is 0 Å². The molecule has 0 aliphatic carbocycles. The standard InChI is InChI=1S/C19H18BrP.C8H6BrF.C7H4BrFO.C4H9O.K/c1-21(20,17-11-5-2-6-12-17,18-13-7-3-8-14-18)19-15-9-4-10-16-19;1-2-6-3-4-7(9)5-8(6)10;8-6-2-1-5(4-10)7(9)3-6;1-4(2,3)5;/h2-16H,1H3;2-5H,1H2;1-4H;1-3H3;/q;;;-1;+1. The summed E-state index contributed by atoms with van der Waals surface area (Å²) >= 11 is 10.5. The third-order valence-corrected chi connectivity index (χ3v) is 15.6. The van der Waals surface area contributed by atoms with Crippen molar-refractivity contribution in [3.63, 3.8) is 0 Å². The molecule has 0 aliphatic rings. The molecule has 0 aliphatic heterocycles. The van der Waals surface area contributed by atoms with Crippen molar-refractivity contribution in [2.24, 2.45) is 0 Å². The molecule has 9 heteroatoms. The van der Waals surface area contributed by atoms with Gasteiger partial charge in [-0.2, -0.15) is 0 Å². The van der Waals surface area contributed by atoms with E-state index in [-0.39, 0.29) is 62.8 Å². The van der Waals surface area contributed by atoms with Gasteiger partial charge >= 0.3 is 186 Å². The Balaban J connectivity index is 0.000000357. The molecule has 0 spiro atoms. The maximum Gasteiger partial charge on any atom is 1.00 e. The van der Waals surface area contributed by atoms with E-state index in [2.05, 4.69) is 152 Å². The number of aldehydes is 1. The predicted molar refractivity (Wildman–Crippen MR) is 203 cm³/mol. The van der Waals surface area contributed by atoms with Crippen LogP contribution in [0.1, 0.15) is 36.7 Å². The third-order valence-electron chi connectivity index (χ3n) is 6.38. The van der Waals surface area contributed by atoms with E-state index in [1.165, 1.54) is 40.2 Å². The van der Waals surface area contributed by atoms with Crippen LogP contribution in [0.5, 0.6) is 0 Å². The molecule has 0 unspecified atom stereocenters. The van der Waals surface area contributed by atoms with Crippen LogP contribution < -0.4 is 72.4 Å². The molecule has 0 aromatic heterocycles. The number of rotatable bonds is 5. The minimum Gasteiger partial charge on any atom is -0.298 e. The molecule has 0 heterocycles. The van der Waals surface area contributed by atoms with Gasteiger partial charge in [0.2, 0.25) is 0 Å². The fourth-order valence-electron chi connectivity index (χ4n) is 4.06. The number of hydrogen-bond donors (Lipinski definition) is 0. The molecular formula is C38H37Br3F2KO2P. The SMILES string of the molecule is C=Cc1ccc(Br)cc1F.CC(C)(C)[O-].CP(Br)(c1ccccc1)(c1ccccc1)c1ccccc1.O=Cc1ccc(Br)cc1F.[K+]. The molecule has 0 radical (unpaired) electrons. The summed E-state index contributed by atoms with van der Waals surface area (Å²) in [4.78, 5) is 10.1. The summed E-state index contributed by atoms with van der Waals surface area (Å²) in [6.45, 7) is 10.7. The Morgan fingerprint density at radius 1 is 0.660 bits per heavy atom. The Labute approximate surface area is 345 Å². The fraction of sp³-hybridized carbons (Fsp3) is 0.132. The fourth-order valence-corrected chi connectivity index (χ4v) is 10.4. The molecule has 0 fully saturated rings. The Morgan fingerprint density at radius 3 is 1.21 bits per heavy atom. The second kappa shape index (κ2) is 20.5. The first kappa shape index (κ1) is 43.9. The van der Waals surface area contributed by atoms with Crippen LogP contribution in [0.3, 0.4) is 0 Å². The van der Waals surface area contributed by atoms with E-state index in [1.807, 2.05) is 0 Å². The summed E-state index contributed by atoms with van der Waals surface area (Å²) in [7, 11) is 0. The van der Waals surface area contributed by atoms with Gasteiger partial charge in [0.05, 0.1) is 5.56 Å². The van der Waals surface area contributed by atoms with Gasteiger partial charge in [0.15, 0.2) is 6.29 Å². The van der Waals surface area contributed by atoms with Gasteiger partial charge in [0.25, 0.3) is 0 Å². The molecule has 47 heavy (non-hydrogen) atoms. The zero-order chi connectivity index (χ0) is 34.4. The second-order valence-corrected chi connectivity index (χ2v) is 22.8. The van der Waals surface area contributed by atoms with Crippen molar-refractivity contribution >= 4 is 80.9 Å². The van der Waals surface area contributed by atoms with E-state index in [0.717, 1.165) is 4.47 Å². The minimum atomic E-state index is -2.56. The Morgan fingerprint density at radius 2 is 0.957 bits per heavy atom. The summed E-state index contributed by atoms with van der Waals surface area (Å²) in [5.41, 5.74) is -0.133. The predicted octanol–water partition coefficient (Wildman–Crippen LogP) is 7.24. The molecule has 0 atom stereocenters. The van der Waals surface area contributed by atoms with E-state index < -0.39 is 16.7 Å². The van der Waals surface area contributed by atoms with Gasteiger partial charge in [-0.3, -0.25) is 4.79 Å². The van der Waals surface area contributed by atoms with Gasteiger partial charge in [-0.15, -0.1) is 5.60 Å². The topological polar surface area (TPSA) is 40.1 Å². The zero-order valence-electron chi connectivity index (χ0n) is 27.1. The van der Waals surface area contributed by atoms with Gasteiger partial charge in [-0.05, 0) is 30.3 Å². The number of hydrogen-bond acceptors (Lipinski definition) is 2. The van der Waals surface area contributed by atoms with Crippen LogP contribution in [0.4, 0.5) is 8.78 Å². The molecule has 0 bridgehead atoms. The van der Waals surface area contributed by atoms with Crippen LogP contribution in [0.25, 0.3) is 6.08 Å². The maximum atomic E-state index is 12.7. The number of carbonyl (C=O) groups is 1. The number of halogens is 5. The van der Waals surface area contributed by atoms with Crippen LogP contribution in [0, 0.1) is 11.6 Å². The zero-order valence-corrected chi connectivity index (χ0v) is 35.9. The van der Waals surface area contributed by atoms with Crippen molar-refractivity contribution in [3.05, 3.63) is 166 Å². The summed E-state index contributed by atoms with van der Waals surface area (Å²) < 4.78 is 26.7. The van der Waals surface area contributed by atoms with E-state index >= 15 is 0 Å². The molecule has 5 aromatic carbocycles. The van der Waals surface area contributed by atoms with Crippen LogP contribution in [-0.4, -0.2) is 18.6 Å². The van der Waals surface area contributed by atoms with Crippen LogP contribution >= 0.6 is 52.7 Å². The molecule has 242 valence electrons. The second-order valence-electron chi connectivity index (χ2n) is 11.2. The van der Waals surface area contributed by atoms with Crippen molar-refractivity contribution in [1.29, 1.82) is 0 Å². The van der Waals surface area contributed by atoms with Gasteiger partial charge < -0.3 is 5.11 Å². The summed E-state index contributed by atoms with van der Waals surface area (Å²) in [5, 5.41) is 11.6. The van der Waals surface area contributed by atoms with E-state index in [1.54, 1.807) is 39.0 Å².